The molecule has 1 heteroatoms. The van der Waals surface area contributed by atoms with E-state index in [9.17, 15) is 0 Å². The third-order valence-corrected chi connectivity index (χ3v) is 6.02. The van der Waals surface area contributed by atoms with E-state index in [-0.39, 0.29) is 0 Å². The summed E-state index contributed by atoms with van der Waals surface area (Å²) >= 11 is -0.571. The Bertz CT molecular complexity index is 309. The molecule has 0 aliphatic heterocycles. The zero-order valence-electron chi connectivity index (χ0n) is 7.03. The number of allylic oxidation sites excluding steroid dienone is 4. The zero-order valence-corrected chi connectivity index (χ0v) is 10.0. The van der Waals surface area contributed by atoms with Crippen LogP contribution >= 0.6 is 0 Å². The predicted octanol–water partition coefficient (Wildman–Crippen LogP) is 2.24. The third-order valence-electron chi connectivity index (χ3n) is 2.12. The molecule has 1 aromatic rings. The van der Waals surface area contributed by atoms with Gasteiger partial charge in [0.1, 0.15) is 0 Å². The summed E-state index contributed by atoms with van der Waals surface area (Å²) in [5, 5.41) is 0. The van der Waals surface area contributed by atoms with Gasteiger partial charge in [0.05, 0.1) is 0 Å². The van der Waals surface area contributed by atoms with Gasteiger partial charge in [-0.25, -0.2) is 0 Å². The second-order valence-corrected chi connectivity index (χ2v) is 7.48. The minimum absolute atomic E-state index is 0.571. The first-order chi connectivity index (χ1) is 5.95. The molecule has 12 heavy (non-hydrogen) atoms. The number of benzene rings is 1. The molecule has 2 rings (SSSR count). The molecule has 0 aromatic heterocycles. The molecule has 1 aliphatic carbocycles. The van der Waals surface area contributed by atoms with E-state index in [1.54, 1.807) is 8.33 Å². The average molecular weight is 208 g/mol. The van der Waals surface area contributed by atoms with Crippen molar-refractivity contribution in [1.82, 2.24) is 0 Å². The molecular formula is C11H10Zn. The van der Waals surface area contributed by atoms with Crippen LogP contribution in [0.3, 0.4) is 0 Å². The van der Waals surface area contributed by atoms with Gasteiger partial charge in [0, 0.05) is 0 Å². The first-order valence-corrected chi connectivity index (χ1v) is 7.30. The van der Waals surface area contributed by atoms with Crippen LogP contribution < -0.4 is 4.16 Å². The monoisotopic (exact) mass is 206 g/mol. The molecule has 56 valence electrons. The van der Waals surface area contributed by atoms with Crippen molar-refractivity contribution in [1.29, 1.82) is 0 Å². The molecule has 0 nitrogen and oxygen atoms in total. The van der Waals surface area contributed by atoms with Crippen molar-refractivity contribution in [2.24, 2.45) is 0 Å². The maximum atomic E-state index is 2.30. The molecule has 0 N–H and O–H groups in total. The predicted molar refractivity (Wildman–Crippen MR) is 47.9 cm³/mol. The third kappa shape index (κ3) is 1.92. The van der Waals surface area contributed by atoms with Crippen molar-refractivity contribution in [3.63, 3.8) is 0 Å². The first kappa shape index (κ1) is 7.95. The molecule has 1 aromatic carbocycles. The summed E-state index contributed by atoms with van der Waals surface area (Å²) < 4.78 is 3.30. The first-order valence-electron chi connectivity index (χ1n) is 4.33. The summed E-state index contributed by atoms with van der Waals surface area (Å²) in [7, 11) is 0. The Balaban J connectivity index is 2.05. The van der Waals surface area contributed by atoms with Crippen LogP contribution in [0.1, 0.15) is 6.42 Å². The van der Waals surface area contributed by atoms with E-state index in [1.807, 2.05) is 0 Å². The average Bonchev–Trinajstić information content (AvgIpc) is 2.59. The van der Waals surface area contributed by atoms with E-state index in [2.05, 4.69) is 48.6 Å². The Kier molecular flexibility index (Phi) is 2.53. The van der Waals surface area contributed by atoms with Gasteiger partial charge in [0.15, 0.2) is 0 Å². The number of hydrogen-bond acceptors (Lipinski definition) is 0. The molecule has 0 spiro atoms. The summed E-state index contributed by atoms with van der Waals surface area (Å²) in [6.07, 6.45) is 7.95. The molecule has 0 saturated heterocycles. The van der Waals surface area contributed by atoms with Crippen molar-refractivity contribution in [3.05, 3.63) is 52.7 Å². The zero-order chi connectivity index (χ0) is 8.23. The topological polar surface area (TPSA) is 0 Å². The van der Waals surface area contributed by atoms with Crippen LogP contribution in [0.15, 0.2) is 52.7 Å². The molecule has 0 bridgehead atoms. The Hall–Kier alpha value is -0.677. The fourth-order valence-electron chi connectivity index (χ4n) is 1.48. The number of rotatable bonds is 2. The molecule has 0 saturated carbocycles. The van der Waals surface area contributed by atoms with Crippen LogP contribution in [0.5, 0.6) is 0 Å². The van der Waals surface area contributed by atoms with Crippen molar-refractivity contribution < 1.29 is 17.1 Å². The Morgan fingerprint density at radius 3 is 2.58 bits per heavy atom. The summed E-state index contributed by atoms with van der Waals surface area (Å²) in [5.74, 6) is 0. The SMILES string of the molecule is C1=CC[C]([Zn][c]2ccccc2)=C1. The Morgan fingerprint density at radius 1 is 1.08 bits per heavy atom. The van der Waals surface area contributed by atoms with E-state index in [1.165, 1.54) is 6.42 Å². The van der Waals surface area contributed by atoms with Crippen molar-refractivity contribution >= 4 is 4.16 Å². The minimum atomic E-state index is -0.571. The second kappa shape index (κ2) is 3.82. The van der Waals surface area contributed by atoms with Gasteiger partial charge in [-0.2, -0.15) is 0 Å². The van der Waals surface area contributed by atoms with E-state index in [4.69, 9.17) is 0 Å². The molecule has 0 atom stereocenters. The van der Waals surface area contributed by atoms with Crippen LogP contribution in [0.2, 0.25) is 0 Å². The van der Waals surface area contributed by atoms with Gasteiger partial charge in [0.25, 0.3) is 0 Å². The van der Waals surface area contributed by atoms with Gasteiger partial charge in [-0.15, -0.1) is 0 Å². The molecular weight excluding hydrogens is 198 g/mol. The standard InChI is InChI=1S/C6H5.C5H5.Zn/c1-2-4-6-5-3-1;1-2-4-5-3-1;/h1-5H;1-3H,4H2;. The van der Waals surface area contributed by atoms with Crippen LogP contribution in [-0.4, -0.2) is 0 Å². The molecule has 0 fully saturated rings. The molecule has 0 radical (unpaired) electrons. The summed E-state index contributed by atoms with van der Waals surface area (Å²) in [6, 6.07) is 10.9. The Morgan fingerprint density at radius 2 is 1.92 bits per heavy atom. The van der Waals surface area contributed by atoms with E-state index in [0.29, 0.717) is 0 Å². The summed E-state index contributed by atoms with van der Waals surface area (Å²) in [5.41, 5.74) is 0. The summed E-state index contributed by atoms with van der Waals surface area (Å²) in [4.78, 5) is 0. The van der Waals surface area contributed by atoms with Gasteiger partial charge < -0.3 is 0 Å². The quantitative estimate of drug-likeness (QED) is 0.653. The maximum absolute atomic E-state index is 2.30. The van der Waals surface area contributed by atoms with Crippen molar-refractivity contribution in [2.45, 2.75) is 6.42 Å². The van der Waals surface area contributed by atoms with E-state index >= 15 is 0 Å². The van der Waals surface area contributed by atoms with Crippen LogP contribution in [0.4, 0.5) is 0 Å². The van der Waals surface area contributed by atoms with Gasteiger partial charge >= 0.3 is 80.4 Å². The van der Waals surface area contributed by atoms with Gasteiger partial charge in [-0.05, 0) is 0 Å². The van der Waals surface area contributed by atoms with Crippen LogP contribution in [-0.2, 0) is 17.1 Å². The van der Waals surface area contributed by atoms with Gasteiger partial charge in [-0.3, -0.25) is 0 Å². The van der Waals surface area contributed by atoms with E-state index < -0.39 is 17.1 Å². The van der Waals surface area contributed by atoms with Crippen molar-refractivity contribution in [3.8, 4) is 0 Å². The summed E-state index contributed by atoms with van der Waals surface area (Å²) in [6.45, 7) is 0. The molecule has 0 unspecified atom stereocenters. The van der Waals surface area contributed by atoms with Crippen LogP contribution in [0, 0.1) is 0 Å². The second-order valence-electron chi connectivity index (χ2n) is 3.12. The normalized spacial score (nSPS) is 14.2. The fourth-order valence-corrected chi connectivity index (χ4v) is 4.83. The Labute approximate surface area is 80.6 Å². The van der Waals surface area contributed by atoms with Crippen LogP contribution in [0.25, 0.3) is 0 Å². The van der Waals surface area contributed by atoms with Gasteiger partial charge in [-0.1, -0.05) is 0 Å². The fraction of sp³-hybridized carbons (Fsp3) is 0.0909. The molecule has 1 aliphatic rings. The van der Waals surface area contributed by atoms with Gasteiger partial charge in [0.2, 0.25) is 0 Å². The van der Waals surface area contributed by atoms with Crippen molar-refractivity contribution in [2.75, 3.05) is 0 Å². The van der Waals surface area contributed by atoms with E-state index in [0.717, 1.165) is 0 Å². The molecule has 0 heterocycles. The number of hydrogen-bond donors (Lipinski definition) is 0. The molecule has 0 amide bonds.